The molecular weight excluding hydrogens is 265 g/mol. The van der Waals surface area contributed by atoms with Gasteiger partial charge in [-0.1, -0.05) is 6.07 Å². The van der Waals surface area contributed by atoms with E-state index in [1.165, 1.54) is 25.3 Å². The number of rotatable bonds is 6. The second-order valence-electron chi connectivity index (χ2n) is 3.78. The van der Waals surface area contributed by atoms with Gasteiger partial charge in [0.05, 0.1) is 7.11 Å². The topological polar surface area (TPSA) is 55.8 Å². The number of aliphatic carboxylic acids is 1. The van der Waals surface area contributed by atoms with Gasteiger partial charge in [0.25, 0.3) is 0 Å². The van der Waals surface area contributed by atoms with Crippen molar-refractivity contribution in [1.82, 2.24) is 0 Å². The Hall–Kier alpha value is -1.92. The standard InChI is InChI=1S/C12H13F3O4/c1-18-10-6-8(3-5-11(16)17)2-4-9(10)19-7-12(13,14)15/h2,4,6H,3,5,7H2,1H3,(H,16,17). The van der Waals surface area contributed by atoms with Crippen LogP contribution in [0.4, 0.5) is 13.2 Å². The maximum atomic E-state index is 12.0. The molecule has 1 N–H and O–H groups in total. The maximum Gasteiger partial charge on any atom is 0.422 e. The molecule has 1 rings (SSSR count). The highest BCUT2D eigenvalue weighted by atomic mass is 19.4. The van der Waals surface area contributed by atoms with Gasteiger partial charge in [0.15, 0.2) is 18.1 Å². The first-order valence-electron chi connectivity index (χ1n) is 5.40. The number of ether oxygens (including phenoxy) is 2. The molecule has 0 unspecified atom stereocenters. The van der Waals surface area contributed by atoms with Crippen LogP contribution in [-0.4, -0.2) is 31.0 Å². The normalized spacial score (nSPS) is 11.2. The highest BCUT2D eigenvalue weighted by Gasteiger charge is 2.29. The van der Waals surface area contributed by atoms with Gasteiger partial charge < -0.3 is 14.6 Å². The molecule has 0 aliphatic heterocycles. The largest absolute Gasteiger partial charge is 0.493 e. The zero-order valence-electron chi connectivity index (χ0n) is 10.2. The molecular formula is C12H13F3O4. The number of carbonyl (C=O) groups is 1. The van der Waals surface area contributed by atoms with Crippen LogP contribution in [0.15, 0.2) is 18.2 Å². The number of alkyl halides is 3. The summed E-state index contributed by atoms with van der Waals surface area (Å²) in [4.78, 5) is 10.4. The van der Waals surface area contributed by atoms with Crippen molar-refractivity contribution in [2.45, 2.75) is 19.0 Å². The molecule has 1 aromatic rings. The molecule has 0 spiro atoms. The predicted octanol–water partition coefficient (Wildman–Crippen LogP) is 2.65. The molecule has 0 saturated heterocycles. The summed E-state index contributed by atoms with van der Waals surface area (Å²) in [6.07, 6.45) is -4.22. The second-order valence-corrected chi connectivity index (χ2v) is 3.78. The zero-order chi connectivity index (χ0) is 14.5. The van der Waals surface area contributed by atoms with Crippen LogP contribution in [0.3, 0.4) is 0 Å². The van der Waals surface area contributed by atoms with E-state index in [9.17, 15) is 18.0 Å². The van der Waals surface area contributed by atoms with Crippen molar-refractivity contribution in [3.8, 4) is 11.5 Å². The summed E-state index contributed by atoms with van der Waals surface area (Å²) in [6, 6.07) is 4.31. The number of carboxylic acid groups (broad SMARTS) is 1. The van der Waals surface area contributed by atoms with E-state index in [2.05, 4.69) is 4.74 Å². The van der Waals surface area contributed by atoms with E-state index in [1.54, 1.807) is 0 Å². The van der Waals surface area contributed by atoms with E-state index in [1.807, 2.05) is 0 Å². The number of benzene rings is 1. The maximum absolute atomic E-state index is 12.0. The highest BCUT2D eigenvalue weighted by Crippen LogP contribution is 2.30. The lowest BCUT2D eigenvalue weighted by atomic mass is 10.1. The summed E-state index contributed by atoms with van der Waals surface area (Å²) < 4.78 is 45.6. The Kier molecular flexibility index (Phi) is 5.02. The van der Waals surface area contributed by atoms with Crippen LogP contribution >= 0.6 is 0 Å². The first kappa shape index (κ1) is 15.1. The molecule has 0 heterocycles. The summed E-state index contributed by atoms with van der Waals surface area (Å²) in [5.41, 5.74) is 0.651. The third-order valence-corrected chi connectivity index (χ3v) is 2.25. The van der Waals surface area contributed by atoms with Crippen LogP contribution in [-0.2, 0) is 11.2 Å². The highest BCUT2D eigenvalue weighted by molar-refractivity contribution is 5.67. The van der Waals surface area contributed by atoms with Crippen LogP contribution in [0.1, 0.15) is 12.0 Å². The van der Waals surface area contributed by atoms with Crippen molar-refractivity contribution in [3.63, 3.8) is 0 Å². The van der Waals surface area contributed by atoms with Gasteiger partial charge in [0.1, 0.15) is 0 Å². The molecule has 0 atom stereocenters. The van der Waals surface area contributed by atoms with Gasteiger partial charge in [-0.05, 0) is 24.1 Å². The number of hydrogen-bond acceptors (Lipinski definition) is 3. The summed E-state index contributed by atoms with van der Waals surface area (Å²) in [5.74, 6) is -0.831. The molecule has 7 heteroatoms. The van der Waals surface area contributed by atoms with E-state index in [0.717, 1.165) is 0 Å². The van der Waals surface area contributed by atoms with E-state index < -0.39 is 18.8 Å². The quantitative estimate of drug-likeness (QED) is 0.869. The van der Waals surface area contributed by atoms with Crippen molar-refractivity contribution in [2.75, 3.05) is 13.7 Å². The fourth-order valence-corrected chi connectivity index (χ4v) is 1.40. The van der Waals surface area contributed by atoms with Crippen LogP contribution in [0.2, 0.25) is 0 Å². The molecule has 1 aromatic carbocycles. The van der Waals surface area contributed by atoms with Gasteiger partial charge in [0, 0.05) is 6.42 Å². The molecule has 0 aliphatic rings. The van der Waals surface area contributed by atoms with Crippen molar-refractivity contribution in [2.24, 2.45) is 0 Å². The molecule has 0 bridgehead atoms. The molecule has 0 fully saturated rings. The lowest BCUT2D eigenvalue weighted by Gasteiger charge is -2.13. The van der Waals surface area contributed by atoms with Crippen molar-refractivity contribution in [1.29, 1.82) is 0 Å². The molecule has 0 saturated carbocycles. The predicted molar refractivity (Wildman–Crippen MR) is 60.5 cm³/mol. The Morgan fingerprint density at radius 3 is 2.53 bits per heavy atom. The lowest BCUT2D eigenvalue weighted by molar-refractivity contribution is -0.153. The van der Waals surface area contributed by atoms with E-state index in [4.69, 9.17) is 9.84 Å². The first-order valence-corrected chi connectivity index (χ1v) is 5.40. The minimum atomic E-state index is -4.42. The average Bonchev–Trinajstić information content (AvgIpc) is 2.33. The van der Waals surface area contributed by atoms with E-state index >= 15 is 0 Å². The van der Waals surface area contributed by atoms with Gasteiger partial charge >= 0.3 is 12.1 Å². The van der Waals surface area contributed by atoms with Crippen LogP contribution in [0.5, 0.6) is 11.5 Å². The zero-order valence-corrected chi connectivity index (χ0v) is 10.2. The van der Waals surface area contributed by atoms with Gasteiger partial charge in [-0.25, -0.2) is 0 Å². The van der Waals surface area contributed by atoms with Gasteiger partial charge in [0.2, 0.25) is 0 Å². The number of methoxy groups -OCH3 is 1. The van der Waals surface area contributed by atoms with Gasteiger partial charge in [-0.3, -0.25) is 4.79 Å². The average molecular weight is 278 g/mol. The summed E-state index contributed by atoms with van der Waals surface area (Å²) in [7, 11) is 1.30. The van der Waals surface area contributed by atoms with Crippen molar-refractivity contribution in [3.05, 3.63) is 23.8 Å². The fraction of sp³-hybridized carbons (Fsp3) is 0.417. The molecule has 0 radical (unpaired) electrons. The van der Waals surface area contributed by atoms with E-state index in [-0.39, 0.29) is 24.3 Å². The fourth-order valence-electron chi connectivity index (χ4n) is 1.40. The Morgan fingerprint density at radius 1 is 1.32 bits per heavy atom. The van der Waals surface area contributed by atoms with Gasteiger partial charge in [-0.15, -0.1) is 0 Å². The molecule has 4 nitrogen and oxygen atoms in total. The SMILES string of the molecule is COc1cc(CCC(=O)O)ccc1OCC(F)(F)F. The first-order chi connectivity index (χ1) is 8.81. The van der Waals surface area contributed by atoms with E-state index in [0.29, 0.717) is 5.56 Å². The van der Waals surface area contributed by atoms with Crippen LogP contribution in [0.25, 0.3) is 0 Å². The Balaban J connectivity index is 2.75. The van der Waals surface area contributed by atoms with Crippen molar-refractivity contribution >= 4 is 5.97 Å². The number of halogens is 3. The van der Waals surface area contributed by atoms with Gasteiger partial charge in [-0.2, -0.15) is 13.2 Å². The van der Waals surface area contributed by atoms with Crippen LogP contribution in [0, 0.1) is 0 Å². The number of hydrogen-bond donors (Lipinski definition) is 1. The second kappa shape index (κ2) is 6.31. The number of aryl methyl sites for hydroxylation is 1. The summed E-state index contributed by atoms with van der Waals surface area (Å²) in [5, 5.41) is 8.55. The molecule has 19 heavy (non-hydrogen) atoms. The monoisotopic (exact) mass is 278 g/mol. The van der Waals surface area contributed by atoms with Crippen molar-refractivity contribution < 1.29 is 32.5 Å². The Bertz CT molecular complexity index is 443. The third-order valence-electron chi connectivity index (χ3n) is 2.25. The molecule has 0 aliphatic carbocycles. The third kappa shape index (κ3) is 5.50. The minimum absolute atomic E-state index is 0.0288. The smallest absolute Gasteiger partial charge is 0.422 e. The Labute approximate surface area is 107 Å². The molecule has 0 aromatic heterocycles. The Morgan fingerprint density at radius 2 is 2.00 bits per heavy atom. The summed E-state index contributed by atoms with van der Waals surface area (Å²) in [6.45, 7) is -1.40. The summed E-state index contributed by atoms with van der Waals surface area (Å²) >= 11 is 0. The number of carboxylic acids is 1. The van der Waals surface area contributed by atoms with Crippen LogP contribution < -0.4 is 9.47 Å². The molecule has 106 valence electrons. The lowest BCUT2D eigenvalue weighted by Crippen LogP contribution is -2.19. The minimum Gasteiger partial charge on any atom is -0.493 e. The molecule has 0 amide bonds.